The normalized spacial score (nSPS) is 13.6. The second-order valence-electron chi connectivity index (χ2n) is 7.77. The number of carbonyl (C=O) groups is 1. The largest absolute Gasteiger partial charge is 0.508 e. The molecule has 3 heterocycles. The molecule has 1 amide bonds. The number of aromatic amines is 1. The number of benzene rings is 2. The third kappa shape index (κ3) is 3.59. The SMILES string of the molecule is Cn1nc(-c2ccccc2)c2c1CCN(C(=O)c1cc(-c3ccc(O)cc3)n[nH]1)CC2. The molecule has 0 saturated heterocycles. The first kappa shape index (κ1) is 19.1. The van der Waals surface area contributed by atoms with Gasteiger partial charge in [-0.15, -0.1) is 0 Å². The van der Waals surface area contributed by atoms with Crippen LogP contribution in [0.1, 0.15) is 21.7 Å². The summed E-state index contributed by atoms with van der Waals surface area (Å²) in [7, 11) is 1.97. The van der Waals surface area contributed by atoms with E-state index in [1.54, 1.807) is 30.3 Å². The van der Waals surface area contributed by atoms with E-state index in [4.69, 9.17) is 5.10 Å². The van der Waals surface area contributed by atoms with E-state index in [0.717, 1.165) is 29.7 Å². The Balaban J connectivity index is 1.36. The molecule has 0 fully saturated rings. The molecule has 0 bridgehead atoms. The summed E-state index contributed by atoms with van der Waals surface area (Å²) < 4.78 is 1.95. The van der Waals surface area contributed by atoms with E-state index in [9.17, 15) is 9.90 Å². The zero-order valence-electron chi connectivity index (χ0n) is 17.2. The molecule has 156 valence electrons. The summed E-state index contributed by atoms with van der Waals surface area (Å²) in [6.45, 7) is 1.26. The molecule has 31 heavy (non-hydrogen) atoms. The predicted molar refractivity (Wildman–Crippen MR) is 118 cm³/mol. The third-order valence-corrected chi connectivity index (χ3v) is 5.83. The van der Waals surface area contributed by atoms with E-state index in [0.29, 0.717) is 24.5 Å². The maximum absolute atomic E-state index is 13.2. The molecule has 2 aromatic carbocycles. The van der Waals surface area contributed by atoms with Gasteiger partial charge in [0.1, 0.15) is 11.4 Å². The van der Waals surface area contributed by atoms with Crippen LogP contribution in [0.15, 0.2) is 60.7 Å². The lowest BCUT2D eigenvalue weighted by Crippen LogP contribution is -2.33. The van der Waals surface area contributed by atoms with Gasteiger partial charge in [-0.25, -0.2) is 0 Å². The Morgan fingerprint density at radius 3 is 2.52 bits per heavy atom. The van der Waals surface area contributed by atoms with Crippen LogP contribution in [0, 0.1) is 0 Å². The second kappa shape index (κ2) is 7.75. The number of phenols is 1. The van der Waals surface area contributed by atoms with Crippen LogP contribution in [0.3, 0.4) is 0 Å². The van der Waals surface area contributed by atoms with Crippen LogP contribution in [-0.2, 0) is 19.9 Å². The van der Waals surface area contributed by atoms with E-state index in [-0.39, 0.29) is 11.7 Å². The van der Waals surface area contributed by atoms with Crippen molar-refractivity contribution in [2.24, 2.45) is 7.05 Å². The van der Waals surface area contributed by atoms with Crippen LogP contribution >= 0.6 is 0 Å². The zero-order chi connectivity index (χ0) is 21.4. The molecular weight excluding hydrogens is 390 g/mol. The Morgan fingerprint density at radius 2 is 1.74 bits per heavy atom. The molecule has 1 aliphatic heterocycles. The molecule has 5 rings (SSSR count). The number of hydrogen-bond acceptors (Lipinski definition) is 4. The lowest BCUT2D eigenvalue weighted by molar-refractivity contribution is 0.0756. The van der Waals surface area contributed by atoms with Gasteiger partial charge in [0.15, 0.2) is 0 Å². The summed E-state index contributed by atoms with van der Waals surface area (Å²) in [5, 5.41) is 21.4. The number of hydrogen-bond donors (Lipinski definition) is 2. The topological polar surface area (TPSA) is 87.0 Å². The van der Waals surface area contributed by atoms with Crippen molar-refractivity contribution in [1.29, 1.82) is 0 Å². The minimum atomic E-state index is -0.0560. The monoisotopic (exact) mass is 413 g/mol. The van der Waals surface area contributed by atoms with Gasteiger partial charge < -0.3 is 10.0 Å². The van der Waals surface area contributed by atoms with Crippen molar-refractivity contribution in [2.75, 3.05) is 13.1 Å². The van der Waals surface area contributed by atoms with Gasteiger partial charge in [0.05, 0.1) is 11.4 Å². The lowest BCUT2D eigenvalue weighted by atomic mass is 10.0. The Morgan fingerprint density at radius 1 is 1.00 bits per heavy atom. The number of aromatic nitrogens is 4. The van der Waals surface area contributed by atoms with Crippen molar-refractivity contribution < 1.29 is 9.90 Å². The van der Waals surface area contributed by atoms with Crippen molar-refractivity contribution in [3.05, 3.63) is 77.6 Å². The van der Waals surface area contributed by atoms with E-state index >= 15 is 0 Å². The minimum absolute atomic E-state index is 0.0560. The quantitative estimate of drug-likeness (QED) is 0.539. The summed E-state index contributed by atoms with van der Waals surface area (Å²) in [6.07, 6.45) is 1.52. The highest BCUT2D eigenvalue weighted by molar-refractivity contribution is 5.93. The highest BCUT2D eigenvalue weighted by Crippen LogP contribution is 2.28. The molecule has 4 aromatic rings. The van der Waals surface area contributed by atoms with Crippen molar-refractivity contribution in [3.63, 3.8) is 0 Å². The Hall–Kier alpha value is -3.87. The molecule has 2 aromatic heterocycles. The maximum Gasteiger partial charge on any atom is 0.271 e. The van der Waals surface area contributed by atoms with E-state index in [1.165, 1.54) is 11.3 Å². The fraction of sp³-hybridized carbons (Fsp3) is 0.208. The average Bonchev–Trinajstić information content (AvgIpc) is 3.33. The van der Waals surface area contributed by atoms with Gasteiger partial charge in [-0.1, -0.05) is 30.3 Å². The van der Waals surface area contributed by atoms with Gasteiger partial charge in [0, 0.05) is 48.9 Å². The van der Waals surface area contributed by atoms with Gasteiger partial charge in [0.25, 0.3) is 5.91 Å². The number of aromatic hydroxyl groups is 1. The first-order valence-corrected chi connectivity index (χ1v) is 10.3. The number of carbonyl (C=O) groups excluding carboxylic acids is 1. The first-order valence-electron chi connectivity index (χ1n) is 10.3. The van der Waals surface area contributed by atoms with E-state index in [2.05, 4.69) is 22.3 Å². The van der Waals surface area contributed by atoms with Crippen molar-refractivity contribution in [3.8, 4) is 28.3 Å². The van der Waals surface area contributed by atoms with Gasteiger partial charge >= 0.3 is 0 Å². The average molecular weight is 413 g/mol. The number of nitrogens with one attached hydrogen (secondary N) is 1. The molecule has 7 heteroatoms. The Bertz CT molecular complexity index is 1220. The Kier molecular flexibility index (Phi) is 4.78. The number of fused-ring (bicyclic) bond motifs is 1. The van der Waals surface area contributed by atoms with Crippen LogP contribution < -0.4 is 0 Å². The maximum atomic E-state index is 13.2. The molecule has 0 saturated carbocycles. The van der Waals surface area contributed by atoms with Crippen molar-refractivity contribution in [1.82, 2.24) is 24.9 Å². The van der Waals surface area contributed by atoms with Gasteiger partial charge in [-0.3, -0.25) is 14.6 Å². The summed E-state index contributed by atoms with van der Waals surface area (Å²) in [6, 6.07) is 18.7. The molecule has 0 unspecified atom stereocenters. The molecular formula is C24H23N5O2. The number of nitrogens with zero attached hydrogens (tertiary/aromatic N) is 4. The van der Waals surface area contributed by atoms with E-state index < -0.39 is 0 Å². The minimum Gasteiger partial charge on any atom is -0.508 e. The number of H-pyrrole nitrogens is 1. The van der Waals surface area contributed by atoms with Crippen LogP contribution in [0.4, 0.5) is 0 Å². The molecule has 1 aliphatic rings. The van der Waals surface area contributed by atoms with Crippen molar-refractivity contribution in [2.45, 2.75) is 12.8 Å². The molecule has 0 radical (unpaired) electrons. The third-order valence-electron chi connectivity index (χ3n) is 5.83. The predicted octanol–water partition coefficient (Wildman–Crippen LogP) is 3.42. The van der Waals surface area contributed by atoms with Crippen LogP contribution in [0.25, 0.3) is 22.5 Å². The number of phenolic OH excluding ortho intramolecular Hbond substituents is 1. The standard InChI is InChI=1S/C24H23N5O2/c1-28-22-12-14-29(13-11-19(22)23(27-28)17-5-3-2-4-6-17)24(31)21-15-20(25-26-21)16-7-9-18(30)10-8-16/h2-10,15,30H,11-14H2,1H3,(H,25,26). The highest BCUT2D eigenvalue weighted by atomic mass is 16.3. The highest BCUT2D eigenvalue weighted by Gasteiger charge is 2.26. The molecule has 0 aliphatic carbocycles. The first-order chi connectivity index (χ1) is 15.1. The second-order valence-corrected chi connectivity index (χ2v) is 7.77. The number of aryl methyl sites for hydroxylation is 1. The van der Waals surface area contributed by atoms with Gasteiger partial charge in [-0.05, 0) is 36.8 Å². The summed E-state index contributed by atoms with van der Waals surface area (Å²) in [4.78, 5) is 15.0. The fourth-order valence-electron chi connectivity index (χ4n) is 4.19. The van der Waals surface area contributed by atoms with Gasteiger partial charge in [-0.2, -0.15) is 10.2 Å². The van der Waals surface area contributed by atoms with Crippen molar-refractivity contribution >= 4 is 5.91 Å². The summed E-state index contributed by atoms with van der Waals surface area (Å²) in [5.41, 5.74) is 6.50. The molecule has 0 atom stereocenters. The smallest absolute Gasteiger partial charge is 0.271 e. The van der Waals surface area contributed by atoms with Gasteiger partial charge in [0.2, 0.25) is 0 Å². The Labute approximate surface area is 180 Å². The molecule has 7 nitrogen and oxygen atoms in total. The fourth-order valence-corrected chi connectivity index (χ4v) is 4.19. The van der Waals surface area contributed by atoms with Crippen LogP contribution in [0.5, 0.6) is 5.75 Å². The van der Waals surface area contributed by atoms with Crippen LogP contribution in [-0.4, -0.2) is 49.0 Å². The summed E-state index contributed by atoms with van der Waals surface area (Å²) >= 11 is 0. The zero-order valence-corrected chi connectivity index (χ0v) is 17.2. The number of amides is 1. The molecule has 2 N–H and O–H groups in total. The number of rotatable bonds is 3. The lowest BCUT2D eigenvalue weighted by Gasteiger charge is -2.19. The van der Waals surface area contributed by atoms with Crippen LogP contribution in [0.2, 0.25) is 0 Å². The van der Waals surface area contributed by atoms with E-state index in [1.807, 2.05) is 34.8 Å². The molecule has 0 spiro atoms. The summed E-state index contributed by atoms with van der Waals surface area (Å²) in [5.74, 6) is 0.142.